The summed E-state index contributed by atoms with van der Waals surface area (Å²) in [6.07, 6.45) is 2.46. The first-order valence-corrected chi connectivity index (χ1v) is 4.01. The second kappa shape index (κ2) is 6.68. The summed E-state index contributed by atoms with van der Waals surface area (Å²) >= 11 is 0. The molecule has 0 radical (unpaired) electrons. The average Bonchev–Trinajstić information content (AvgIpc) is 2.12. The van der Waals surface area contributed by atoms with E-state index >= 15 is 0 Å². The molecule has 0 saturated carbocycles. The van der Waals surface area contributed by atoms with E-state index in [0.29, 0.717) is 19.4 Å². The van der Waals surface area contributed by atoms with E-state index in [9.17, 15) is 4.79 Å². The van der Waals surface area contributed by atoms with Crippen LogP contribution in [0.1, 0.15) is 12.8 Å². The van der Waals surface area contributed by atoms with Crippen LogP contribution in [0.3, 0.4) is 0 Å². The van der Waals surface area contributed by atoms with Gasteiger partial charge in [0.1, 0.15) is 6.04 Å². The highest BCUT2D eigenvalue weighted by Crippen LogP contribution is 1.94. The van der Waals surface area contributed by atoms with Crippen molar-refractivity contribution < 1.29 is 9.90 Å². The Kier molecular flexibility index (Phi) is 5.82. The third-order valence-corrected chi connectivity index (χ3v) is 1.46. The summed E-state index contributed by atoms with van der Waals surface area (Å²) in [4.78, 5) is 14.0. The van der Waals surface area contributed by atoms with E-state index < -0.39 is 12.0 Å². The van der Waals surface area contributed by atoms with E-state index in [0.717, 1.165) is 0 Å². The van der Waals surface area contributed by atoms with Crippen molar-refractivity contribution in [1.29, 1.82) is 5.26 Å². The molecule has 0 aliphatic heterocycles. The molecule has 7 nitrogen and oxygen atoms in total. The van der Waals surface area contributed by atoms with Gasteiger partial charge in [0.25, 0.3) is 0 Å². The lowest BCUT2D eigenvalue weighted by Crippen LogP contribution is -2.30. The van der Waals surface area contributed by atoms with Crippen molar-refractivity contribution in [2.45, 2.75) is 18.9 Å². The molecule has 0 rings (SSSR count). The third-order valence-electron chi connectivity index (χ3n) is 1.46. The van der Waals surface area contributed by atoms with Crippen molar-refractivity contribution in [2.75, 3.05) is 6.54 Å². The lowest BCUT2D eigenvalue weighted by atomic mass is 10.2. The van der Waals surface area contributed by atoms with Crippen LogP contribution in [0.2, 0.25) is 0 Å². The summed E-state index contributed by atoms with van der Waals surface area (Å²) in [5.74, 6) is -1.01. The number of nitrogens with two attached hydrogens (primary N) is 2. The van der Waals surface area contributed by atoms with Crippen molar-refractivity contribution in [2.24, 2.45) is 16.5 Å². The van der Waals surface area contributed by atoms with E-state index in [1.54, 1.807) is 6.19 Å². The number of carboxylic acid groups (broad SMARTS) is 1. The van der Waals surface area contributed by atoms with Gasteiger partial charge in [-0.3, -0.25) is 15.1 Å². The lowest BCUT2D eigenvalue weighted by molar-refractivity contribution is -0.138. The molecule has 0 aliphatic carbocycles. The van der Waals surface area contributed by atoms with Crippen LogP contribution in [0.15, 0.2) is 4.99 Å². The van der Waals surface area contributed by atoms with Gasteiger partial charge in [-0.15, -0.1) is 0 Å². The molecule has 14 heavy (non-hydrogen) atoms. The summed E-state index contributed by atoms with van der Waals surface area (Å²) in [5, 5.41) is 18.7. The number of nitrogens with one attached hydrogen (secondary N) is 1. The number of hydrogen-bond acceptors (Lipinski definition) is 4. The van der Waals surface area contributed by atoms with Gasteiger partial charge in [0.15, 0.2) is 6.19 Å². The normalized spacial score (nSPS) is 13.0. The third kappa shape index (κ3) is 5.79. The Bertz CT molecular complexity index is 257. The molecule has 1 unspecified atom stereocenters. The molecule has 0 bridgehead atoms. The average molecular weight is 199 g/mol. The first-order valence-electron chi connectivity index (χ1n) is 4.01. The van der Waals surface area contributed by atoms with Crippen LogP contribution in [-0.2, 0) is 4.79 Å². The van der Waals surface area contributed by atoms with Gasteiger partial charge in [0, 0.05) is 6.54 Å². The van der Waals surface area contributed by atoms with Crippen LogP contribution >= 0.6 is 0 Å². The van der Waals surface area contributed by atoms with Crippen LogP contribution in [0.25, 0.3) is 0 Å². The second-order valence-electron chi connectivity index (χ2n) is 2.59. The zero-order valence-electron chi connectivity index (χ0n) is 7.60. The van der Waals surface area contributed by atoms with Crippen LogP contribution in [0.5, 0.6) is 0 Å². The van der Waals surface area contributed by atoms with Crippen molar-refractivity contribution in [3.05, 3.63) is 0 Å². The van der Waals surface area contributed by atoms with Crippen LogP contribution in [-0.4, -0.2) is 29.6 Å². The Morgan fingerprint density at radius 1 is 1.71 bits per heavy atom. The minimum absolute atomic E-state index is 0.0244. The van der Waals surface area contributed by atoms with Crippen LogP contribution < -0.4 is 16.8 Å². The Balaban J connectivity index is 3.61. The highest BCUT2D eigenvalue weighted by Gasteiger charge is 2.09. The number of aliphatic carboxylic acids is 1. The molecule has 1 atom stereocenters. The number of hydrogen-bond donors (Lipinski definition) is 4. The van der Waals surface area contributed by atoms with Gasteiger partial charge >= 0.3 is 5.97 Å². The van der Waals surface area contributed by atoms with Gasteiger partial charge in [0.05, 0.1) is 0 Å². The van der Waals surface area contributed by atoms with Gasteiger partial charge in [-0.1, -0.05) is 0 Å². The zero-order valence-corrected chi connectivity index (χ0v) is 7.60. The van der Waals surface area contributed by atoms with E-state index in [4.69, 9.17) is 21.8 Å². The number of carbonyl (C=O) groups is 1. The maximum absolute atomic E-state index is 10.3. The first-order chi connectivity index (χ1) is 6.57. The van der Waals surface area contributed by atoms with Gasteiger partial charge in [-0.05, 0) is 12.8 Å². The highest BCUT2D eigenvalue weighted by atomic mass is 16.4. The fourth-order valence-corrected chi connectivity index (χ4v) is 0.731. The number of carboxylic acids is 1. The highest BCUT2D eigenvalue weighted by molar-refractivity contribution is 5.79. The van der Waals surface area contributed by atoms with Crippen LogP contribution in [0.4, 0.5) is 0 Å². The molecule has 7 heteroatoms. The van der Waals surface area contributed by atoms with E-state index in [2.05, 4.69) is 10.3 Å². The molecule has 0 amide bonds. The predicted molar refractivity (Wildman–Crippen MR) is 50.1 cm³/mol. The molecule has 0 fully saturated rings. The van der Waals surface area contributed by atoms with Gasteiger partial charge in [-0.25, -0.2) is 0 Å². The fourth-order valence-electron chi connectivity index (χ4n) is 0.731. The molecule has 0 saturated heterocycles. The largest absolute Gasteiger partial charge is 0.480 e. The van der Waals surface area contributed by atoms with E-state index in [-0.39, 0.29) is 5.96 Å². The zero-order chi connectivity index (χ0) is 11.0. The van der Waals surface area contributed by atoms with Crippen molar-refractivity contribution in [3.8, 4) is 6.19 Å². The quantitative estimate of drug-likeness (QED) is 0.141. The van der Waals surface area contributed by atoms with Gasteiger partial charge in [0.2, 0.25) is 5.96 Å². The molecule has 78 valence electrons. The second-order valence-corrected chi connectivity index (χ2v) is 2.59. The standard InChI is InChI=1S/C7H13N5O2/c8-4-12-7(10)11-3-1-2-5(9)6(13)14/h5H,1-3,9H2,(H,13,14)(H3,10,11,12). The Labute approximate surface area is 81.4 Å². The topological polar surface area (TPSA) is 138 Å². The van der Waals surface area contributed by atoms with Crippen molar-refractivity contribution in [1.82, 2.24) is 5.32 Å². The molecule has 0 aromatic carbocycles. The number of nitriles is 1. The Morgan fingerprint density at radius 3 is 2.86 bits per heavy atom. The van der Waals surface area contributed by atoms with Crippen molar-refractivity contribution in [3.63, 3.8) is 0 Å². The van der Waals surface area contributed by atoms with E-state index in [1.165, 1.54) is 0 Å². The maximum Gasteiger partial charge on any atom is 0.320 e. The van der Waals surface area contributed by atoms with Crippen molar-refractivity contribution >= 4 is 11.9 Å². The number of nitrogens with zero attached hydrogens (tertiary/aromatic N) is 2. The minimum atomic E-state index is -1.03. The van der Waals surface area contributed by atoms with Crippen LogP contribution in [0, 0.1) is 11.5 Å². The monoisotopic (exact) mass is 199 g/mol. The SMILES string of the molecule is N#CNC(N)=NCCCC(N)C(=O)O. The molecule has 6 N–H and O–H groups in total. The number of aliphatic imine (C=N–C) groups is 1. The van der Waals surface area contributed by atoms with E-state index in [1.807, 2.05) is 0 Å². The Morgan fingerprint density at radius 2 is 2.36 bits per heavy atom. The van der Waals surface area contributed by atoms with Gasteiger partial charge < -0.3 is 16.6 Å². The molecule has 0 aliphatic rings. The molecule has 0 aromatic rings. The first kappa shape index (κ1) is 12.2. The summed E-state index contributed by atoms with van der Waals surface area (Å²) in [5.41, 5.74) is 10.5. The van der Waals surface area contributed by atoms with Gasteiger partial charge in [-0.2, -0.15) is 5.26 Å². The summed E-state index contributed by atoms with van der Waals surface area (Å²) in [6, 6.07) is -0.865. The summed E-state index contributed by atoms with van der Waals surface area (Å²) in [7, 11) is 0. The number of guanidine groups is 1. The minimum Gasteiger partial charge on any atom is -0.480 e. The summed E-state index contributed by atoms with van der Waals surface area (Å²) in [6.45, 7) is 0.349. The Hall–Kier alpha value is -1.81. The predicted octanol–water partition coefficient (Wildman–Crippen LogP) is -1.44. The lowest BCUT2D eigenvalue weighted by Gasteiger charge is -2.03. The molecule has 0 heterocycles. The smallest absolute Gasteiger partial charge is 0.320 e. The molecule has 0 spiro atoms. The summed E-state index contributed by atoms with van der Waals surface area (Å²) < 4.78 is 0. The molecular formula is C7H13N5O2. The molecular weight excluding hydrogens is 186 g/mol. The molecule has 0 aromatic heterocycles. The number of rotatable bonds is 5. The fraction of sp³-hybridized carbons (Fsp3) is 0.571. The maximum atomic E-state index is 10.3.